The molecule has 0 bridgehead atoms. The van der Waals surface area contributed by atoms with E-state index in [-0.39, 0.29) is 16.5 Å². The number of amides is 3. The standard InChI is InChI=1S/C22H17FN6O3S2/c1-12(30)29(18-5-3-2-4-15(18)23)22-26-14(10-34-22)6-7-19(31)28-21-27-17(11-33-21)13-8-16(20(24)32)25-9-13/h2-11,25H,1H3,(H2,24,32)(H,27,28,31)/b7-6+. The zero-order valence-corrected chi connectivity index (χ0v) is 19.2. The van der Waals surface area contributed by atoms with E-state index in [1.54, 1.807) is 29.1 Å². The molecule has 0 aliphatic rings. The Morgan fingerprint density at radius 1 is 1.18 bits per heavy atom. The van der Waals surface area contributed by atoms with Gasteiger partial charge in [0.25, 0.3) is 5.91 Å². The van der Waals surface area contributed by atoms with Crippen molar-refractivity contribution in [1.82, 2.24) is 15.0 Å². The van der Waals surface area contributed by atoms with E-state index in [0.29, 0.717) is 22.1 Å². The third kappa shape index (κ3) is 5.08. The summed E-state index contributed by atoms with van der Waals surface area (Å²) in [6.45, 7) is 1.32. The van der Waals surface area contributed by atoms with Gasteiger partial charge in [-0.1, -0.05) is 12.1 Å². The molecule has 0 aliphatic heterocycles. The first kappa shape index (κ1) is 23.0. The summed E-state index contributed by atoms with van der Waals surface area (Å²) >= 11 is 2.37. The van der Waals surface area contributed by atoms with Crippen LogP contribution in [0.25, 0.3) is 17.3 Å². The summed E-state index contributed by atoms with van der Waals surface area (Å²) < 4.78 is 14.2. The minimum atomic E-state index is -0.578. The number of para-hydroxylation sites is 1. The number of carbonyl (C=O) groups is 3. The highest BCUT2D eigenvalue weighted by atomic mass is 32.1. The molecule has 172 valence electrons. The van der Waals surface area contributed by atoms with Crippen molar-refractivity contribution in [3.05, 3.63) is 70.6 Å². The van der Waals surface area contributed by atoms with Gasteiger partial charge in [-0.2, -0.15) is 0 Å². The van der Waals surface area contributed by atoms with E-state index in [9.17, 15) is 18.8 Å². The smallest absolute Gasteiger partial charge is 0.265 e. The van der Waals surface area contributed by atoms with Crippen molar-refractivity contribution in [2.45, 2.75) is 6.92 Å². The van der Waals surface area contributed by atoms with Crippen LogP contribution in [-0.2, 0) is 9.59 Å². The number of nitrogens with one attached hydrogen (secondary N) is 2. The lowest BCUT2D eigenvalue weighted by Crippen LogP contribution is -2.23. The molecular formula is C22H17FN6O3S2. The molecule has 0 spiro atoms. The van der Waals surface area contributed by atoms with Crippen molar-refractivity contribution in [2.24, 2.45) is 5.73 Å². The lowest BCUT2D eigenvalue weighted by Gasteiger charge is -2.18. The molecule has 9 nitrogen and oxygen atoms in total. The van der Waals surface area contributed by atoms with Crippen molar-refractivity contribution in [2.75, 3.05) is 10.2 Å². The van der Waals surface area contributed by atoms with E-state index in [1.807, 2.05) is 0 Å². The van der Waals surface area contributed by atoms with Gasteiger partial charge in [-0.05, 0) is 24.3 Å². The Balaban J connectivity index is 1.43. The van der Waals surface area contributed by atoms with Crippen molar-refractivity contribution in [1.29, 1.82) is 0 Å². The van der Waals surface area contributed by atoms with E-state index >= 15 is 0 Å². The number of H-pyrrole nitrogens is 1. The molecule has 34 heavy (non-hydrogen) atoms. The lowest BCUT2D eigenvalue weighted by molar-refractivity contribution is -0.116. The molecule has 3 aromatic heterocycles. The Morgan fingerprint density at radius 3 is 2.68 bits per heavy atom. The Labute approximate surface area is 200 Å². The maximum atomic E-state index is 14.2. The van der Waals surface area contributed by atoms with Crippen LogP contribution in [0.5, 0.6) is 0 Å². The molecule has 0 atom stereocenters. The van der Waals surface area contributed by atoms with Gasteiger partial charge in [-0.15, -0.1) is 22.7 Å². The molecule has 0 saturated heterocycles. The average molecular weight is 497 g/mol. The number of rotatable bonds is 7. The largest absolute Gasteiger partial charge is 0.364 e. The van der Waals surface area contributed by atoms with Crippen molar-refractivity contribution >= 4 is 62.4 Å². The number of nitrogens with zero attached hydrogens (tertiary/aromatic N) is 3. The summed E-state index contributed by atoms with van der Waals surface area (Å²) in [7, 11) is 0. The van der Waals surface area contributed by atoms with Gasteiger partial charge in [0.1, 0.15) is 11.5 Å². The third-order valence-electron chi connectivity index (χ3n) is 4.49. The van der Waals surface area contributed by atoms with Crippen molar-refractivity contribution in [3.8, 4) is 11.3 Å². The number of aromatic nitrogens is 3. The summed E-state index contributed by atoms with van der Waals surface area (Å²) in [5.41, 5.74) is 7.27. The number of halogens is 1. The minimum absolute atomic E-state index is 0.0996. The summed E-state index contributed by atoms with van der Waals surface area (Å²) in [6.07, 6.45) is 4.36. The highest BCUT2D eigenvalue weighted by molar-refractivity contribution is 7.14. The molecule has 4 rings (SSSR count). The van der Waals surface area contributed by atoms with Gasteiger partial charge >= 0.3 is 0 Å². The number of thiazole rings is 2. The molecule has 4 N–H and O–H groups in total. The molecule has 3 heterocycles. The summed E-state index contributed by atoms with van der Waals surface area (Å²) in [4.78, 5) is 48.2. The molecule has 0 saturated carbocycles. The van der Waals surface area contributed by atoms with Gasteiger partial charge in [-0.3, -0.25) is 24.6 Å². The fourth-order valence-electron chi connectivity index (χ4n) is 2.95. The fourth-order valence-corrected chi connectivity index (χ4v) is 4.52. The van der Waals surface area contributed by atoms with Crippen molar-refractivity contribution in [3.63, 3.8) is 0 Å². The van der Waals surface area contributed by atoms with Crippen LogP contribution in [0.3, 0.4) is 0 Å². The van der Waals surface area contributed by atoms with Crippen LogP contribution < -0.4 is 16.0 Å². The van der Waals surface area contributed by atoms with Gasteiger partial charge in [-0.25, -0.2) is 14.4 Å². The molecular weight excluding hydrogens is 479 g/mol. The van der Waals surface area contributed by atoms with E-state index < -0.39 is 23.5 Å². The first-order chi connectivity index (χ1) is 16.3. The van der Waals surface area contributed by atoms with Crippen molar-refractivity contribution < 1.29 is 18.8 Å². The second kappa shape index (κ2) is 9.77. The maximum Gasteiger partial charge on any atom is 0.265 e. The monoisotopic (exact) mass is 496 g/mol. The van der Waals surface area contributed by atoms with E-state index in [1.165, 1.54) is 53.5 Å². The number of nitrogens with two attached hydrogens (primary N) is 1. The van der Waals surface area contributed by atoms with Crippen LogP contribution in [0.2, 0.25) is 0 Å². The average Bonchev–Trinajstić information content (AvgIpc) is 3.54. The number of primary amides is 1. The minimum Gasteiger partial charge on any atom is -0.364 e. The lowest BCUT2D eigenvalue weighted by atomic mass is 10.2. The Hall–Kier alpha value is -4.16. The second-order valence-corrected chi connectivity index (χ2v) is 8.58. The fraction of sp³-hybridized carbons (Fsp3) is 0.0455. The zero-order chi connectivity index (χ0) is 24.2. The SMILES string of the molecule is CC(=O)N(c1nc(/C=C/C(=O)Nc2nc(-c3c[nH]c(C(N)=O)c3)cs2)cs1)c1ccccc1F. The van der Waals surface area contributed by atoms with Crippen LogP contribution >= 0.6 is 22.7 Å². The molecule has 0 unspecified atom stereocenters. The maximum absolute atomic E-state index is 14.2. The third-order valence-corrected chi connectivity index (χ3v) is 6.10. The van der Waals surface area contributed by atoms with Gasteiger partial charge in [0.2, 0.25) is 11.8 Å². The molecule has 12 heteroatoms. The van der Waals surface area contributed by atoms with E-state index in [4.69, 9.17) is 5.73 Å². The number of anilines is 3. The van der Waals surface area contributed by atoms with Crippen LogP contribution in [0.4, 0.5) is 20.3 Å². The quantitative estimate of drug-likeness (QED) is 0.330. The summed E-state index contributed by atoms with van der Waals surface area (Å²) in [5.74, 6) is -1.94. The molecule has 4 aromatic rings. The Kier molecular flexibility index (Phi) is 6.61. The Bertz CT molecular complexity index is 1410. The summed E-state index contributed by atoms with van der Waals surface area (Å²) in [6, 6.07) is 7.50. The van der Waals surface area contributed by atoms with Crippen LogP contribution in [0.15, 0.2) is 53.4 Å². The Morgan fingerprint density at radius 2 is 1.97 bits per heavy atom. The molecule has 0 radical (unpaired) electrons. The second-order valence-electron chi connectivity index (χ2n) is 6.89. The molecule has 0 aliphatic carbocycles. The number of benzene rings is 1. The number of hydrogen-bond acceptors (Lipinski definition) is 7. The van der Waals surface area contributed by atoms with E-state index in [0.717, 1.165) is 11.3 Å². The number of carbonyl (C=O) groups excluding carboxylic acids is 3. The first-order valence-electron chi connectivity index (χ1n) is 9.76. The topological polar surface area (TPSA) is 134 Å². The van der Waals surface area contributed by atoms with Crippen LogP contribution in [0.1, 0.15) is 23.1 Å². The zero-order valence-electron chi connectivity index (χ0n) is 17.6. The van der Waals surface area contributed by atoms with Gasteiger partial charge in [0, 0.05) is 35.5 Å². The predicted molar refractivity (Wildman–Crippen MR) is 129 cm³/mol. The predicted octanol–water partition coefficient (Wildman–Crippen LogP) is 4.17. The highest BCUT2D eigenvalue weighted by Crippen LogP contribution is 2.31. The van der Waals surface area contributed by atoms with Crippen LogP contribution in [0, 0.1) is 5.82 Å². The summed E-state index contributed by atoms with van der Waals surface area (Å²) in [5, 5.41) is 6.69. The molecule has 3 amide bonds. The van der Waals surface area contributed by atoms with Gasteiger partial charge in [0.15, 0.2) is 10.3 Å². The highest BCUT2D eigenvalue weighted by Gasteiger charge is 2.20. The number of aromatic amines is 1. The van der Waals surface area contributed by atoms with E-state index in [2.05, 4.69) is 20.3 Å². The van der Waals surface area contributed by atoms with Gasteiger partial charge in [0.05, 0.1) is 17.1 Å². The molecule has 1 aromatic carbocycles. The van der Waals surface area contributed by atoms with Gasteiger partial charge < -0.3 is 10.7 Å². The van der Waals surface area contributed by atoms with Crippen LogP contribution in [-0.4, -0.2) is 32.7 Å². The first-order valence-corrected chi connectivity index (χ1v) is 11.5. The number of hydrogen-bond donors (Lipinski definition) is 3. The normalized spacial score (nSPS) is 11.0. The molecule has 0 fully saturated rings.